The van der Waals surface area contributed by atoms with Crippen LogP contribution >= 0.6 is 0 Å². The van der Waals surface area contributed by atoms with Crippen LogP contribution in [0.4, 0.5) is 0 Å². The average molecular weight is 872 g/mol. The van der Waals surface area contributed by atoms with Gasteiger partial charge in [-0.25, -0.2) is 0 Å². The molecule has 0 N–H and O–H groups in total. The molecule has 8 heteroatoms. The van der Waals surface area contributed by atoms with Gasteiger partial charge in [0.1, 0.15) is 12.6 Å². The van der Waals surface area contributed by atoms with Gasteiger partial charge in [-0.1, -0.05) is 184 Å². The molecule has 0 saturated carbocycles. The number of rotatable bonds is 46. The van der Waals surface area contributed by atoms with Crippen LogP contribution in [0, 0.1) is 0 Å². The number of esters is 2. The summed E-state index contributed by atoms with van der Waals surface area (Å²) in [7, 11) is 5.41. The second-order valence-electron chi connectivity index (χ2n) is 18.4. The fourth-order valence-electron chi connectivity index (χ4n) is 7.49. The first-order chi connectivity index (χ1) is 30.1. The third kappa shape index (κ3) is 42.6. The standard InChI is InChI=1S/C54H97NO7/c1-6-8-10-12-14-16-18-20-22-24-26-27-29-30-32-34-36-38-40-42-44-52(56)61-49-50(48-60-47-46-51(54(58)59)55(3,4)5)62-53(57)45-43-41-39-37-35-33-31-28-25-23-21-19-17-15-13-11-9-7-2/h8,10,14,16,20,22,28,31,50-51H,6-7,9,11-13,15,17-19,21,23-27,29-30,32-49H2,1-5H3/b10-8+,16-14+,22-20+,31-28+. The molecule has 0 heterocycles. The van der Waals surface area contributed by atoms with Crippen LogP contribution in [-0.2, 0) is 28.6 Å². The molecule has 0 radical (unpaired) electrons. The summed E-state index contributed by atoms with van der Waals surface area (Å²) in [6.07, 6.45) is 54.2. The maximum Gasteiger partial charge on any atom is 0.306 e. The number of hydrogen-bond acceptors (Lipinski definition) is 7. The molecule has 0 spiro atoms. The van der Waals surface area contributed by atoms with E-state index in [-0.39, 0.29) is 42.7 Å². The highest BCUT2D eigenvalue weighted by molar-refractivity contribution is 5.70. The second kappa shape index (κ2) is 44.9. The van der Waals surface area contributed by atoms with Gasteiger partial charge >= 0.3 is 11.9 Å². The molecule has 0 aliphatic rings. The summed E-state index contributed by atoms with van der Waals surface area (Å²) in [6, 6.07) is -0.728. The summed E-state index contributed by atoms with van der Waals surface area (Å²) in [5.41, 5.74) is 0. The molecule has 0 saturated heterocycles. The predicted molar refractivity (Wildman–Crippen MR) is 259 cm³/mol. The van der Waals surface area contributed by atoms with E-state index < -0.39 is 18.1 Å². The van der Waals surface area contributed by atoms with E-state index in [9.17, 15) is 19.5 Å². The number of quaternary nitrogens is 1. The number of ether oxygens (including phenoxy) is 3. The van der Waals surface area contributed by atoms with Crippen LogP contribution in [0.1, 0.15) is 226 Å². The zero-order valence-electron chi connectivity index (χ0n) is 41.0. The molecule has 360 valence electrons. The molecule has 2 atom stereocenters. The fraction of sp³-hybridized carbons (Fsp3) is 0.796. The van der Waals surface area contributed by atoms with Crippen LogP contribution in [-0.4, -0.2) is 75.5 Å². The molecule has 2 unspecified atom stereocenters. The largest absolute Gasteiger partial charge is 0.544 e. The van der Waals surface area contributed by atoms with Gasteiger partial charge in [-0.15, -0.1) is 0 Å². The first-order valence-corrected chi connectivity index (χ1v) is 25.7. The van der Waals surface area contributed by atoms with Gasteiger partial charge < -0.3 is 28.6 Å². The molecule has 0 amide bonds. The van der Waals surface area contributed by atoms with E-state index in [1.165, 1.54) is 122 Å². The molecule has 0 aliphatic carbocycles. The van der Waals surface area contributed by atoms with Gasteiger partial charge in [-0.3, -0.25) is 9.59 Å². The van der Waals surface area contributed by atoms with Crippen LogP contribution in [0.2, 0.25) is 0 Å². The van der Waals surface area contributed by atoms with Crippen LogP contribution in [0.25, 0.3) is 0 Å². The summed E-state index contributed by atoms with van der Waals surface area (Å²) in [5, 5.41) is 11.7. The Kier molecular flexibility index (Phi) is 42.9. The highest BCUT2D eigenvalue weighted by Gasteiger charge is 2.25. The highest BCUT2D eigenvalue weighted by atomic mass is 16.6. The molecular formula is C54H97NO7. The van der Waals surface area contributed by atoms with E-state index in [4.69, 9.17) is 14.2 Å². The fourth-order valence-corrected chi connectivity index (χ4v) is 7.49. The minimum atomic E-state index is -1.13. The highest BCUT2D eigenvalue weighted by Crippen LogP contribution is 2.15. The van der Waals surface area contributed by atoms with Crippen molar-refractivity contribution in [3.63, 3.8) is 0 Å². The Morgan fingerprint density at radius 3 is 1.35 bits per heavy atom. The monoisotopic (exact) mass is 872 g/mol. The molecule has 0 aliphatic heterocycles. The van der Waals surface area contributed by atoms with Crippen LogP contribution in [0.15, 0.2) is 48.6 Å². The normalized spacial score (nSPS) is 13.2. The number of unbranched alkanes of at least 4 members (excludes halogenated alkanes) is 24. The SMILES string of the molecule is CC/C=C/C/C=C/C/C=C/CCCCCCCCCCCCC(=O)OCC(COCCC(C(=O)[O-])[N+](C)(C)C)OC(=O)CCCCCCC/C=C/CCCCCCCCCCC. The lowest BCUT2D eigenvalue weighted by atomic mass is 10.1. The molecule has 0 fully saturated rings. The van der Waals surface area contributed by atoms with Gasteiger partial charge in [0.2, 0.25) is 0 Å². The van der Waals surface area contributed by atoms with Gasteiger partial charge in [0.05, 0.1) is 40.3 Å². The maximum atomic E-state index is 12.8. The van der Waals surface area contributed by atoms with Crippen LogP contribution in [0.3, 0.4) is 0 Å². The van der Waals surface area contributed by atoms with Crippen molar-refractivity contribution in [1.82, 2.24) is 0 Å². The van der Waals surface area contributed by atoms with Crippen molar-refractivity contribution in [3.8, 4) is 0 Å². The molecule has 0 bridgehead atoms. The number of carboxylic acids is 1. The van der Waals surface area contributed by atoms with Crippen molar-refractivity contribution in [1.29, 1.82) is 0 Å². The average Bonchev–Trinajstić information content (AvgIpc) is 3.23. The molecule has 8 nitrogen and oxygen atoms in total. The minimum Gasteiger partial charge on any atom is -0.544 e. The van der Waals surface area contributed by atoms with Gasteiger partial charge in [0.25, 0.3) is 0 Å². The molecule has 0 aromatic heterocycles. The topological polar surface area (TPSA) is 102 Å². The molecule has 0 aromatic rings. The van der Waals surface area contributed by atoms with Crippen molar-refractivity contribution >= 4 is 17.9 Å². The summed E-state index contributed by atoms with van der Waals surface area (Å²) in [6.45, 7) is 4.56. The molecule has 62 heavy (non-hydrogen) atoms. The van der Waals surface area contributed by atoms with Crippen molar-refractivity contribution < 1.29 is 38.2 Å². The summed E-state index contributed by atoms with van der Waals surface area (Å²) in [5.74, 6) is -1.74. The lowest BCUT2D eigenvalue weighted by Crippen LogP contribution is -2.55. The van der Waals surface area contributed by atoms with E-state index in [0.717, 1.165) is 70.6 Å². The quantitative estimate of drug-likeness (QED) is 0.0260. The van der Waals surface area contributed by atoms with Gasteiger partial charge in [-0.05, 0) is 70.6 Å². The van der Waals surface area contributed by atoms with Gasteiger partial charge in [-0.2, -0.15) is 0 Å². The van der Waals surface area contributed by atoms with Crippen molar-refractivity contribution in [2.75, 3.05) is 41.0 Å². The maximum absolute atomic E-state index is 12.8. The van der Waals surface area contributed by atoms with E-state index in [1.807, 2.05) is 0 Å². The Morgan fingerprint density at radius 2 is 0.903 bits per heavy atom. The van der Waals surface area contributed by atoms with E-state index >= 15 is 0 Å². The smallest absolute Gasteiger partial charge is 0.306 e. The molecule has 0 rings (SSSR count). The predicted octanol–water partition coefficient (Wildman–Crippen LogP) is 13.4. The molecular weight excluding hydrogens is 775 g/mol. The van der Waals surface area contributed by atoms with Crippen molar-refractivity contribution in [2.45, 2.75) is 238 Å². The zero-order valence-corrected chi connectivity index (χ0v) is 41.0. The lowest BCUT2D eigenvalue weighted by Gasteiger charge is -2.34. The van der Waals surface area contributed by atoms with Crippen molar-refractivity contribution in [3.05, 3.63) is 48.6 Å². The Bertz CT molecular complexity index is 1150. The number of carbonyl (C=O) groups is 3. The minimum absolute atomic E-state index is 0.0368. The molecule has 0 aromatic carbocycles. The van der Waals surface area contributed by atoms with E-state index in [1.54, 1.807) is 21.1 Å². The number of nitrogens with zero attached hydrogens (tertiary/aromatic N) is 1. The summed E-state index contributed by atoms with van der Waals surface area (Å²) >= 11 is 0. The lowest BCUT2D eigenvalue weighted by molar-refractivity contribution is -0.889. The number of carboxylic acid groups (broad SMARTS) is 1. The Morgan fingerprint density at radius 1 is 0.500 bits per heavy atom. The second-order valence-corrected chi connectivity index (χ2v) is 18.4. The summed E-state index contributed by atoms with van der Waals surface area (Å²) in [4.78, 5) is 37.0. The van der Waals surface area contributed by atoms with Crippen LogP contribution in [0.5, 0.6) is 0 Å². The van der Waals surface area contributed by atoms with Crippen LogP contribution < -0.4 is 5.11 Å². The zero-order chi connectivity index (χ0) is 45.6. The summed E-state index contributed by atoms with van der Waals surface area (Å²) < 4.78 is 17.2. The van der Waals surface area contributed by atoms with Crippen molar-refractivity contribution in [2.24, 2.45) is 0 Å². The van der Waals surface area contributed by atoms with Gasteiger partial charge in [0, 0.05) is 19.3 Å². The Labute approximate surface area is 382 Å². The Hall–Kier alpha value is -2.71. The third-order valence-electron chi connectivity index (χ3n) is 11.4. The Balaban J connectivity index is 4.25. The number of carbonyl (C=O) groups excluding carboxylic acids is 3. The third-order valence-corrected chi connectivity index (χ3v) is 11.4. The number of aliphatic carboxylic acids is 1. The van der Waals surface area contributed by atoms with E-state index in [2.05, 4.69) is 62.5 Å². The first kappa shape index (κ1) is 59.3. The number of allylic oxidation sites excluding steroid dienone is 8. The van der Waals surface area contributed by atoms with E-state index in [0.29, 0.717) is 12.8 Å². The first-order valence-electron chi connectivity index (χ1n) is 25.7. The van der Waals surface area contributed by atoms with Gasteiger partial charge in [0.15, 0.2) is 6.10 Å². The number of likely N-dealkylation sites (N-methyl/N-ethyl adjacent to an activating group) is 1. The number of hydrogen-bond donors (Lipinski definition) is 0.